The average Bonchev–Trinajstić information content (AvgIpc) is 2.99. The highest BCUT2D eigenvalue weighted by Gasteiger charge is 2.22. The minimum Gasteiger partial charge on any atom is -0.376 e. The number of hydrogen-bond acceptors (Lipinski definition) is 2. The van der Waals surface area contributed by atoms with Gasteiger partial charge in [0.05, 0.1) is 6.10 Å². The maximum Gasteiger partial charge on any atom is 0.226 e. The Kier molecular flexibility index (Phi) is 5.93. The van der Waals surface area contributed by atoms with Crippen LogP contribution >= 0.6 is 0 Å². The van der Waals surface area contributed by atoms with Crippen LogP contribution in [-0.4, -0.2) is 30.1 Å². The standard InChI is InChI=1S/C17H22FNO2/c1-2-3-6-17(20)19(13-16-5-4-11-21-16)12-14-7-9-15(18)10-8-14/h2-3,7-10,16H,4-6,11-13H2,1H3/b3-2+. The SMILES string of the molecule is C/C=C/CC(=O)N(Cc1ccc(F)cc1)CC1CCCO1. The molecule has 1 atom stereocenters. The van der Waals surface area contributed by atoms with Crippen molar-refractivity contribution in [2.45, 2.75) is 38.8 Å². The molecule has 0 radical (unpaired) electrons. The molecule has 3 nitrogen and oxygen atoms in total. The Hall–Kier alpha value is -1.68. The monoisotopic (exact) mass is 291 g/mol. The first kappa shape index (κ1) is 15.7. The smallest absolute Gasteiger partial charge is 0.226 e. The van der Waals surface area contributed by atoms with Crippen molar-refractivity contribution in [3.63, 3.8) is 0 Å². The van der Waals surface area contributed by atoms with Gasteiger partial charge in [-0.05, 0) is 37.5 Å². The normalized spacial score (nSPS) is 18.3. The van der Waals surface area contributed by atoms with E-state index < -0.39 is 0 Å². The lowest BCUT2D eigenvalue weighted by Gasteiger charge is -2.25. The van der Waals surface area contributed by atoms with Gasteiger partial charge in [0, 0.05) is 26.1 Å². The zero-order chi connectivity index (χ0) is 15.1. The number of carbonyl (C=O) groups is 1. The molecule has 0 bridgehead atoms. The summed E-state index contributed by atoms with van der Waals surface area (Å²) in [5.74, 6) is -0.183. The largest absolute Gasteiger partial charge is 0.376 e. The van der Waals surface area contributed by atoms with Gasteiger partial charge in [-0.1, -0.05) is 24.3 Å². The third-order valence-electron chi connectivity index (χ3n) is 3.62. The predicted octanol–water partition coefficient (Wildman–Crippen LogP) is 3.30. The maximum absolute atomic E-state index is 13.0. The van der Waals surface area contributed by atoms with Gasteiger partial charge in [-0.3, -0.25) is 4.79 Å². The molecule has 0 aromatic heterocycles. The molecular weight excluding hydrogens is 269 g/mol. The number of allylic oxidation sites excluding steroid dienone is 1. The van der Waals surface area contributed by atoms with Gasteiger partial charge in [-0.15, -0.1) is 0 Å². The van der Waals surface area contributed by atoms with E-state index in [0.717, 1.165) is 25.0 Å². The van der Waals surface area contributed by atoms with Gasteiger partial charge in [0.25, 0.3) is 0 Å². The third-order valence-corrected chi connectivity index (χ3v) is 3.62. The quantitative estimate of drug-likeness (QED) is 0.753. The van der Waals surface area contributed by atoms with Crippen molar-refractivity contribution in [1.82, 2.24) is 4.90 Å². The average molecular weight is 291 g/mol. The summed E-state index contributed by atoms with van der Waals surface area (Å²) in [6, 6.07) is 6.30. The molecule has 1 fully saturated rings. The molecule has 114 valence electrons. The van der Waals surface area contributed by atoms with E-state index in [9.17, 15) is 9.18 Å². The molecule has 1 heterocycles. The van der Waals surface area contributed by atoms with E-state index in [-0.39, 0.29) is 17.8 Å². The number of rotatable bonds is 6. The van der Waals surface area contributed by atoms with E-state index in [1.807, 2.05) is 24.0 Å². The summed E-state index contributed by atoms with van der Waals surface area (Å²) >= 11 is 0. The van der Waals surface area contributed by atoms with Crippen molar-refractivity contribution in [3.05, 3.63) is 47.8 Å². The zero-order valence-corrected chi connectivity index (χ0v) is 12.4. The van der Waals surface area contributed by atoms with Crippen molar-refractivity contribution < 1.29 is 13.9 Å². The van der Waals surface area contributed by atoms with Gasteiger partial charge in [0.1, 0.15) is 5.82 Å². The summed E-state index contributed by atoms with van der Waals surface area (Å²) < 4.78 is 18.6. The predicted molar refractivity (Wildman–Crippen MR) is 80.2 cm³/mol. The molecule has 1 aliphatic rings. The van der Waals surface area contributed by atoms with Crippen LogP contribution in [0.1, 0.15) is 31.7 Å². The van der Waals surface area contributed by atoms with Crippen molar-refractivity contribution in [2.75, 3.05) is 13.2 Å². The highest BCUT2D eigenvalue weighted by molar-refractivity contribution is 5.77. The number of hydrogen-bond donors (Lipinski definition) is 0. The lowest BCUT2D eigenvalue weighted by atomic mass is 10.1. The summed E-state index contributed by atoms with van der Waals surface area (Å²) in [6.07, 6.45) is 6.30. The molecule has 21 heavy (non-hydrogen) atoms. The molecular formula is C17H22FNO2. The van der Waals surface area contributed by atoms with Crippen molar-refractivity contribution in [1.29, 1.82) is 0 Å². The van der Waals surface area contributed by atoms with E-state index >= 15 is 0 Å². The second kappa shape index (κ2) is 7.93. The van der Waals surface area contributed by atoms with E-state index in [2.05, 4.69) is 0 Å². The van der Waals surface area contributed by atoms with E-state index in [0.29, 0.717) is 19.5 Å². The third kappa shape index (κ3) is 4.97. The fourth-order valence-electron chi connectivity index (χ4n) is 2.45. The number of ether oxygens (including phenoxy) is 1. The Labute approximate surface area is 125 Å². The lowest BCUT2D eigenvalue weighted by Crippen LogP contribution is -2.36. The Balaban J connectivity index is 2.02. The maximum atomic E-state index is 13.0. The molecule has 1 aromatic rings. The van der Waals surface area contributed by atoms with Gasteiger partial charge in [0.2, 0.25) is 5.91 Å². The Morgan fingerprint density at radius 1 is 1.43 bits per heavy atom. The number of benzene rings is 1. The molecule has 1 unspecified atom stereocenters. The Bertz CT molecular complexity index is 478. The topological polar surface area (TPSA) is 29.5 Å². The van der Waals surface area contributed by atoms with Crippen molar-refractivity contribution in [2.24, 2.45) is 0 Å². The zero-order valence-electron chi connectivity index (χ0n) is 12.4. The van der Waals surface area contributed by atoms with E-state index in [1.165, 1.54) is 12.1 Å². The molecule has 0 spiro atoms. The van der Waals surface area contributed by atoms with Crippen LogP contribution in [0.4, 0.5) is 4.39 Å². The van der Waals surface area contributed by atoms with E-state index in [1.54, 1.807) is 12.1 Å². The molecule has 1 amide bonds. The minimum atomic E-state index is -0.260. The van der Waals surface area contributed by atoms with Crippen LogP contribution in [0.25, 0.3) is 0 Å². The van der Waals surface area contributed by atoms with Gasteiger partial charge < -0.3 is 9.64 Å². The van der Waals surface area contributed by atoms with Crippen LogP contribution < -0.4 is 0 Å². The first-order chi connectivity index (χ1) is 10.2. The highest BCUT2D eigenvalue weighted by Crippen LogP contribution is 2.16. The Morgan fingerprint density at radius 2 is 2.19 bits per heavy atom. The number of halogens is 1. The Morgan fingerprint density at radius 3 is 2.81 bits per heavy atom. The van der Waals surface area contributed by atoms with Gasteiger partial charge in [-0.25, -0.2) is 4.39 Å². The van der Waals surface area contributed by atoms with Gasteiger partial charge in [0.15, 0.2) is 0 Å². The number of carbonyl (C=O) groups excluding carboxylic acids is 1. The van der Waals surface area contributed by atoms with Crippen molar-refractivity contribution in [3.8, 4) is 0 Å². The fourth-order valence-corrected chi connectivity index (χ4v) is 2.45. The summed E-state index contributed by atoms with van der Waals surface area (Å²) in [6.45, 7) is 3.78. The molecule has 0 aliphatic carbocycles. The summed E-state index contributed by atoms with van der Waals surface area (Å²) in [4.78, 5) is 14.1. The summed E-state index contributed by atoms with van der Waals surface area (Å²) in [7, 11) is 0. The van der Waals surface area contributed by atoms with Crippen LogP contribution in [0.3, 0.4) is 0 Å². The minimum absolute atomic E-state index is 0.0768. The second-order valence-corrected chi connectivity index (χ2v) is 5.31. The number of nitrogens with zero attached hydrogens (tertiary/aromatic N) is 1. The number of amides is 1. The molecule has 1 aromatic carbocycles. The molecule has 4 heteroatoms. The second-order valence-electron chi connectivity index (χ2n) is 5.31. The molecule has 0 N–H and O–H groups in total. The van der Waals surface area contributed by atoms with E-state index in [4.69, 9.17) is 4.74 Å². The molecule has 1 aliphatic heterocycles. The molecule has 0 saturated carbocycles. The van der Waals surface area contributed by atoms with Crippen LogP contribution in [0.5, 0.6) is 0 Å². The summed E-state index contributed by atoms with van der Waals surface area (Å²) in [5, 5.41) is 0. The van der Waals surface area contributed by atoms with Crippen LogP contribution in [0.15, 0.2) is 36.4 Å². The highest BCUT2D eigenvalue weighted by atomic mass is 19.1. The lowest BCUT2D eigenvalue weighted by molar-refractivity contribution is -0.132. The molecule has 2 rings (SSSR count). The molecule has 1 saturated heterocycles. The van der Waals surface area contributed by atoms with Crippen LogP contribution in [0, 0.1) is 5.82 Å². The van der Waals surface area contributed by atoms with Gasteiger partial charge in [-0.2, -0.15) is 0 Å². The first-order valence-corrected chi connectivity index (χ1v) is 7.44. The van der Waals surface area contributed by atoms with Gasteiger partial charge >= 0.3 is 0 Å². The van der Waals surface area contributed by atoms with Crippen LogP contribution in [-0.2, 0) is 16.1 Å². The van der Waals surface area contributed by atoms with Crippen molar-refractivity contribution >= 4 is 5.91 Å². The summed E-state index contributed by atoms with van der Waals surface area (Å²) in [5.41, 5.74) is 0.934. The van der Waals surface area contributed by atoms with Crippen LogP contribution in [0.2, 0.25) is 0 Å². The first-order valence-electron chi connectivity index (χ1n) is 7.44. The fraction of sp³-hybridized carbons (Fsp3) is 0.471.